The summed E-state index contributed by atoms with van der Waals surface area (Å²) < 4.78 is 96.9. The van der Waals surface area contributed by atoms with E-state index in [2.05, 4.69) is 15.4 Å². The van der Waals surface area contributed by atoms with Crippen LogP contribution in [0, 0.1) is 17.1 Å². The Morgan fingerprint density at radius 1 is 0.967 bits per heavy atom. The van der Waals surface area contributed by atoms with Gasteiger partial charge in [-0.05, 0) is 42.0 Å². The Balaban J connectivity index is 1.98. The first kappa shape index (κ1) is 21.1. The maximum absolute atomic E-state index is 13.7. The first-order valence-electron chi connectivity index (χ1n) is 8.01. The third kappa shape index (κ3) is 4.51. The molecule has 2 aromatic carbocycles. The molecule has 30 heavy (non-hydrogen) atoms. The number of hydrogen-bond acceptors (Lipinski definition) is 4. The van der Waals surface area contributed by atoms with Crippen molar-refractivity contribution in [1.29, 1.82) is 5.26 Å². The molecule has 0 fully saturated rings. The molecule has 0 bridgehead atoms. The van der Waals surface area contributed by atoms with Gasteiger partial charge in [0.15, 0.2) is 5.69 Å². The highest BCUT2D eigenvalue weighted by atomic mass is 19.4. The van der Waals surface area contributed by atoms with Crippen molar-refractivity contribution in [1.82, 2.24) is 15.4 Å². The average molecular weight is 430 g/mol. The van der Waals surface area contributed by atoms with Crippen molar-refractivity contribution in [2.75, 3.05) is 0 Å². The second kappa shape index (κ2) is 7.66. The van der Waals surface area contributed by atoms with Gasteiger partial charge in [0, 0.05) is 0 Å². The van der Waals surface area contributed by atoms with E-state index in [-0.39, 0.29) is 28.8 Å². The number of alkyl halides is 6. The number of hydrogen-bond donors (Lipinski definition) is 1. The number of nitriles is 1. The van der Waals surface area contributed by atoms with Crippen LogP contribution < -0.4 is 4.74 Å². The van der Waals surface area contributed by atoms with Crippen LogP contribution in [0.2, 0.25) is 0 Å². The molecule has 12 heteroatoms. The Kier molecular flexibility index (Phi) is 5.39. The van der Waals surface area contributed by atoms with Crippen LogP contribution in [-0.4, -0.2) is 15.4 Å². The van der Waals surface area contributed by atoms with E-state index in [1.54, 1.807) is 6.07 Å². The number of nitrogens with one attached hydrogen (secondary N) is 1. The van der Waals surface area contributed by atoms with Gasteiger partial charge in [-0.1, -0.05) is 5.21 Å². The fraction of sp³-hybridized carbons (Fsp3) is 0.167. The van der Waals surface area contributed by atoms with Crippen molar-refractivity contribution in [3.05, 3.63) is 64.6 Å². The lowest BCUT2D eigenvalue weighted by Crippen LogP contribution is -2.12. The summed E-state index contributed by atoms with van der Waals surface area (Å²) in [5.74, 6) is -0.851. The van der Waals surface area contributed by atoms with Crippen LogP contribution in [0.15, 0.2) is 36.4 Å². The topological polar surface area (TPSA) is 74.6 Å². The maximum atomic E-state index is 13.7. The summed E-state index contributed by atoms with van der Waals surface area (Å²) in [7, 11) is 0. The molecule has 5 nitrogen and oxygen atoms in total. The molecule has 3 aromatic rings. The fourth-order valence-corrected chi connectivity index (χ4v) is 2.57. The summed E-state index contributed by atoms with van der Waals surface area (Å²) in [4.78, 5) is 0. The predicted molar refractivity (Wildman–Crippen MR) is 87.3 cm³/mol. The molecule has 0 spiro atoms. The molecule has 3 rings (SSSR count). The van der Waals surface area contributed by atoms with Crippen LogP contribution in [0.5, 0.6) is 5.75 Å². The number of nitrogens with zero attached hydrogens (tertiary/aromatic N) is 3. The van der Waals surface area contributed by atoms with Gasteiger partial charge < -0.3 is 4.74 Å². The number of ether oxygens (including phenoxy) is 1. The summed E-state index contributed by atoms with van der Waals surface area (Å²) in [6, 6.07) is 5.81. The van der Waals surface area contributed by atoms with Crippen LogP contribution >= 0.6 is 0 Å². The Morgan fingerprint density at radius 2 is 1.60 bits per heavy atom. The standard InChI is InChI=1S/C18H9F7N4O/c19-12-1-2-15(13(6-12)16-14(7-26)27-29-28-16)30-8-9-3-10(17(20,21)22)5-11(4-9)18(23,24)25/h1-6H,8H2,(H,27,28,29). The minimum atomic E-state index is -5.00. The van der Waals surface area contributed by atoms with E-state index in [0.29, 0.717) is 12.1 Å². The first-order chi connectivity index (χ1) is 14.0. The number of H-pyrrole nitrogens is 1. The highest BCUT2D eigenvalue weighted by Gasteiger charge is 2.37. The number of benzene rings is 2. The van der Waals surface area contributed by atoms with E-state index in [0.717, 1.165) is 18.2 Å². The van der Waals surface area contributed by atoms with Crippen LogP contribution in [0.4, 0.5) is 30.7 Å². The molecule has 1 aromatic heterocycles. The molecular formula is C18H9F7N4O. The molecule has 0 radical (unpaired) electrons. The Morgan fingerprint density at radius 3 is 2.17 bits per heavy atom. The van der Waals surface area contributed by atoms with Gasteiger partial charge in [-0.15, -0.1) is 5.10 Å². The van der Waals surface area contributed by atoms with Crippen molar-refractivity contribution in [2.24, 2.45) is 0 Å². The summed E-state index contributed by atoms with van der Waals surface area (Å²) in [5.41, 5.74) is -3.66. The minimum Gasteiger partial charge on any atom is -0.488 e. The second-order valence-electron chi connectivity index (χ2n) is 5.99. The van der Waals surface area contributed by atoms with Crippen molar-refractivity contribution in [3.8, 4) is 23.1 Å². The van der Waals surface area contributed by atoms with E-state index in [4.69, 9.17) is 10.00 Å². The molecule has 0 aliphatic rings. The molecule has 0 saturated heterocycles. The molecule has 0 unspecified atom stereocenters. The van der Waals surface area contributed by atoms with Crippen LogP contribution in [0.3, 0.4) is 0 Å². The molecule has 0 saturated carbocycles. The first-order valence-corrected chi connectivity index (χ1v) is 8.01. The number of halogens is 7. The van der Waals surface area contributed by atoms with E-state index in [9.17, 15) is 30.7 Å². The van der Waals surface area contributed by atoms with E-state index < -0.39 is 41.5 Å². The molecule has 0 amide bonds. The fourth-order valence-electron chi connectivity index (χ4n) is 2.57. The van der Waals surface area contributed by atoms with Gasteiger partial charge in [0.25, 0.3) is 0 Å². The Labute approximate surface area is 163 Å². The van der Waals surface area contributed by atoms with E-state index >= 15 is 0 Å². The summed E-state index contributed by atoms with van der Waals surface area (Å²) in [5, 5.41) is 18.4. The van der Waals surface area contributed by atoms with Crippen LogP contribution in [0.25, 0.3) is 11.3 Å². The van der Waals surface area contributed by atoms with Crippen molar-refractivity contribution in [2.45, 2.75) is 19.0 Å². The smallest absolute Gasteiger partial charge is 0.416 e. The highest BCUT2D eigenvalue weighted by Crippen LogP contribution is 2.37. The Bertz CT molecular complexity index is 1080. The monoisotopic (exact) mass is 430 g/mol. The lowest BCUT2D eigenvalue weighted by molar-refractivity contribution is -0.143. The normalized spacial score (nSPS) is 11.9. The van der Waals surface area contributed by atoms with Crippen LogP contribution in [0.1, 0.15) is 22.4 Å². The lowest BCUT2D eigenvalue weighted by atomic mass is 10.0. The largest absolute Gasteiger partial charge is 0.488 e. The molecule has 1 heterocycles. The molecule has 0 aliphatic carbocycles. The lowest BCUT2D eigenvalue weighted by Gasteiger charge is -2.15. The quantitative estimate of drug-likeness (QED) is 0.585. The molecule has 0 aliphatic heterocycles. The SMILES string of the molecule is N#Cc1[nH]nnc1-c1cc(F)ccc1OCc1cc(C(F)(F)F)cc(C(F)(F)F)c1. The maximum Gasteiger partial charge on any atom is 0.416 e. The second-order valence-corrected chi connectivity index (χ2v) is 5.99. The van der Waals surface area contributed by atoms with Gasteiger partial charge in [0.2, 0.25) is 0 Å². The zero-order valence-corrected chi connectivity index (χ0v) is 14.6. The zero-order chi connectivity index (χ0) is 22.1. The summed E-state index contributed by atoms with van der Waals surface area (Å²) in [6.07, 6.45) is -10.0. The minimum absolute atomic E-state index is 0.00140. The number of aromatic nitrogens is 3. The third-order valence-corrected chi connectivity index (χ3v) is 3.90. The van der Waals surface area contributed by atoms with Crippen molar-refractivity contribution >= 4 is 0 Å². The van der Waals surface area contributed by atoms with Crippen LogP contribution in [-0.2, 0) is 19.0 Å². The van der Waals surface area contributed by atoms with Gasteiger partial charge in [-0.2, -0.15) is 31.6 Å². The molecule has 0 atom stereocenters. The summed E-state index contributed by atoms with van der Waals surface area (Å²) >= 11 is 0. The molecular weight excluding hydrogens is 421 g/mol. The molecule has 156 valence electrons. The zero-order valence-electron chi connectivity index (χ0n) is 14.6. The molecule has 1 N–H and O–H groups in total. The van der Waals surface area contributed by atoms with Gasteiger partial charge in [0.1, 0.15) is 29.9 Å². The van der Waals surface area contributed by atoms with Crippen molar-refractivity contribution < 1.29 is 35.5 Å². The van der Waals surface area contributed by atoms with Gasteiger partial charge >= 0.3 is 12.4 Å². The summed E-state index contributed by atoms with van der Waals surface area (Å²) in [6.45, 7) is -0.689. The Hall–Kier alpha value is -3.62. The van der Waals surface area contributed by atoms with Gasteiger partial charge in [-0.3, -0.25) is 0 Å². The number of aromatic amines is 1. The average Bonchev–Trinajstić information content (AvgIpc) is 3.14. The van der Waals surface area contributed by atoms with Gasteiger partial charge in [-0.25, -0.2) is 9.49 Å². The van der Waals surface area contributed by atoms with Crippen molar-refractivity contribution in [3.63, 3.8) is 0 Å². The predicted octanol–water partition coefficient (Wildman–Crippen LogP) is 5.10. The van der Waals surface area contributed by atoms with Gasteiger partial charge in [0.05, 0.1) is 16.7 Å². The van der Waals surface area contributed by atoms with E-state index in [1.807, 2.05) is 0 Å². The number of rotatable bonds is 4. The van der Waals surface area contributed by atoms with E-state index in [1.165, 1.54) is 0 Å². The highest BCUT2D eigenvalue weighted by molar-refractivity contribution is 5.70. The third-order valence-electron chi connectivity index (χ3n) is 3.90.